The number of ether oxygens (including phenoxy) is 1. The first-order chi connectivity index (χ1) is 22.8. The highest BCUT2D eigenvalue weighted by atomic mass is 35.5. The van der Waals surface area contributed by atoms with Crippen molar-refractivity contribution in [3.05, 3.63) is 92.5 Å². The van der Waals surface area contributed by atoms with Crippen molar-refractivity contribution in [3.63, 3.8) is 0 Å². The summed E-state index contributed by atoms with van der Waals surface area (Å²) in [5.74, 6) is 0.300. The second kappa shape index (κ2) is 14.8. The molecule has 9 nitrogen and oxygen atoms in total. The van der Waals surface area contributed by atoms with E-state index in [9.17, 15) is 15.0 Å². The molecule has 0 amide bonds. The number of hydrogen-bond donors (Lipinski definition) is 2. The van der Waals surface area contributed by atoms with Crippen LogP contribution < -0.4 is 4.74 Å². The van der Waals surface area contributed by atoms with E-state index in [1.807, 2.05) is 49.4 Å². The van der Waals surface area contributed by atoms with Crippen LogP contribution in [-0.2, 0) is 25.9 Å². The first-order valence-corrected chi connectivity index (χ1v) is 16.7. The Bertz CT molecular complexity index is 1780. The fourth-order valence-electron chi connectivity index (χ4n) is 6.70. The third-order valence-corrected chi connectivity index (χ3v) is 10.1. The number of rotatable bonds is 11. The van der Waals surface area contributed by atoms with E-state index < -0.39 is 0 Å². The summed E-state index contributed by atoms with van der Waals surface area (Å²) in [4.78, 5) is 32.1. The number of hydrogen-bond acceptors (Lipinski definition) is 9. The predicted molar refractivity (Wildman–Crippen MR) is 183 cm³/mol. The summed E-state index contributed by atoms with van der Waals surface area (Å²) in [7, 11) is 1.57. The molecule has 6 rings (SSSR count). The minimum absolute atomic E-state index is 0.0911. The lowest BCUT2D eigenvalue weighted by Gasteiger charge is -2.28. The van der Waals surface area contributed by atoms with Gasteiger partial charge in [0.1, 0.15) is 11.4 Å². The topological polar surface area (TPSA) is 112 Å². The maximum Gasteiger partial charge on any atom is 0.237 e. The Balaban J connectivity index is 1.25. The molecule has 0 spiro atoms. The van der Waals surface area contributed by atoms with Crippen LogP contribution in [0, 0.1) is 6.92 Å². The quantitative estimate of drug-likeness (QED) is 0.197. The lowest BCUT2D eigenvalue weighted by atomic mass is 9.95. The third kappa shape index (κ3) is 7.06. The zero-order valence-electron chi connectivity index (χ0n) is 26.7. The molecule has 0 radical (unpaired) electrons. The number of nitrogens with zero attached hydrogens (tertiary/aromatic N) is 5. The fraction of sp³-hybridized carbons (Fsp3) is 0.389. The zero-order chi connectivity index (χ0) is 33.1. The number of ketones is 1. The van der Waals surface area contributed by atoms with Gasteiger partial charge in [0.25, 0.3) is 0 Å². The number of halogens is 2. The second-order valence-corrected chi connectivity index (χ2v) is 13.0. The lowest BCUT2D eigenvalue weighted by Crippen LogP contribution is -2.34. The summed E-state index contributed by atoms with van der Waals surface area (Å²) in [5.41, 5.74) is 7.60. The number of carbonyl (C=O) groups is 1. The molecule has 2 aliphatic rings. The molecule has 0 bridgehead atoms. The number of aliphatic hydroxyl groups is 2. The number of benzene rings is 2. The second-order valence-electron chi connectivity index (χ2n) is 12.2. The highest BCUT2D eigenvalue weighted by Crippen LogP contribution is 2.40. The highest BCUT2D eigenvalue weighted by Gasteiger charge is 2.26. The van der Waals surface area contributed by atoms with Crippen molar-refractivity contribution in [2.75, 3.05) is 40.0 Å². The van der Waals surface area contributed by atoms with E-state index in [1.54, 1.807) is 13.3 Å². The monoisotopic (exact) mass is 675 g/mol. The van der Waals surface area contributed by atoms with Crippen molar-refractivity contribution in [2.45, 2.75) is 51.7 Å². The van der Waals surface area contributed by atoms with E-state index in [4.69, 9.17) is 37.9 Å². The standard InChI is InChI=1S/C36H39Cl2N5O4/c1-22-16-29(40-31-19-42(14-15-44)13-11-25(22)31)33(46)17-23-6-3-8-26(34(23)37)27-9-4-10-28(35(27)38)30-18-39-32(36(41-30)47-2)20-43-12-5-7-24(43)21-45/h3-4,6,8-10,16,18,24,44-45H,5,7,11-15,17,19-21H2,1-2H3. The summed E-state index contributed by atoms with van der Waals surface area (Å²) >= 11 is 14.0. The Hall–Kier alpha value is -3.44. The van der Waals surface area contributed by atoms with E-state index in [0.717, 1.165) is 43.6 Å². The average Bonchev–Trinajstić information content (AvgIpc) is 3.53. The number of aliphatic hydroxyl groups excluding tert-OH is 2. The van der Waals surface area contributed by atoms with Gasteiger partial charge in [0.2, 0.25) is 5.88 Å². The van der Waals surface area contributed by atoms with Crippen molar-refractivity contribution in [1.29, 1.82) is 0 Å². The molecule has 1 fully saturated rings. The Morgan fingerprint density at radius 1 is 1.04 bits per heavy atom. The van der Waals surface area contributed by atoms with Gasteiger partial charge >= 0.3 is 0 Å². The Morgan fingerprint density at radius 2 is 1.81 bits per heavy atom. The van der Waals surface area contributed by atoms with Crippen LogP contribution in [-0.4, -0.2) is 86.7 Å². The van der Waals surface area contributed by atoms with E-state index in [2.05, 4.69) is 14.8 Å². The molecule has 1 saturated heterocycles. The molecule has 0 saturated carbocycles. The molecule has 47 heavy (non-hydrogen) atoms. The first-order valence-electron chi connectivity index (χ1n) is 16.0. The number of Topliss-reactive ketones (excluding diaryl/α,β-unsaturated/α-hetero) is 1. The molecule has 4 aromatic rings. The van der Waals surface area contributed by atoms with Gasteiger partial charge in [-0.15, -0.1) is 0 Å². The molecule has 1 atom stereocenters. The van der Waals surface area contributed by atoms with E-state index in [0.29, 0.717) is 74.9 Å². The number of methoxy groups -OCH3 is 1. The van der Waals surface area contributed by atoms with Crippen molar-refractivity contribution in [1.82, 2.24) is 24.8 Å². The van der Waals surface area contributed by atoms with Crippen LogP contribution in [0.4, 0.5) is 0 Å². The number of β-amino-alcohol motifs (C(OH)–C–C–N with tert-alkyl or cyclic N) is 1. The molecule has 2 N–H and O–H groups in total. The zero-order valence-corrected chi connectivity index (χ0v) is 28.2. The number of aromatic nitrogens is 3. The number of pyridine rings is 1. The first kappa shape index (κ1) is 33.5. The van der Waals surface area contributed by atoms with Gasteiger partial charge in [0, 0.05) is 55.3 Å². The number of fused-ring (bicyclic) bond motifs is 1. The van der Waals surface area contributed by atoms with Crippen LogP contribution in [0.5, 0.6) is 5.88 Å². The normalized spacial score (nSPS) is 16.8. The van der Waals surface area contributed by atoms with Gasteiger partial charge in [0.15, 0.2) is 5.78 Å². The van der Waals surface area contributed by atoms with Gasteiger partial charge in [0.05, 0.1) is 48.0 Å². The van der Waals surface area contributed by atoms with Crippen LogP contribution in [0.3, 0.4) is 0 Å². The average molecular weight is 677 g/mol. The van der Waals surface area contributed by atoms with Gasteiger partial charge in [-0.3, -0.25) is 19.6 Å². The molecular formula is C36H39Cl2N5O4. The van der Waals surface area contributed by atoms with Gasteiger partial charge in [-0.05, 0) is 55.5 Å². The molecule has 2 aliphatic heterocycles. The predicted octanol–water partition coefficient (Wildman–Crippen LogP) is 5.56. The summed E-state index contributed by atoms with van der Waals surface area (Å²) in [6.45, 7) is 5.73. The van der Waals surface area contributed by atoms with Crippen molar-refractivity contribution in [2.24, 2.45) is 0 Å². The van der Waals surface area contributed by atoms with Crippen molar-refractivity contribution in [3.8, 4) is 28.3 Å². The Morgan fingerprint density at radius 3 is 2.57 bits per heavy atom. The summed E-state index contributed by atoms with van der Waals surface area (Å²) in [5, 5.41) is 20.0. The highest BCUT2D eigenvalue weighted by molar-refractivity contribution is 6.38. The third-order valence-electron chi connectivity index (χ3n) is 9.25. The van der Waals surface area contributed by atoms with Crippen LogP contribution >= 0.6 is 23.2 Å². The number of likely N-dealkylation sites (tertiary alicyclic amines) is 1. The SMILES string of the molecule is COc1nc(-c2cccc(-c3cccc(CC(=O)c4cc(C)c5c(n4)CN(CCO)CC5)c3Cl)c2Cl)cnc1CN1CCCC1CO. The molecule has 2 aromatic carbocycles. The van der Waals surface area contributed by atoms with Crippen LogP contribution in [0.25, 0.3) is 22.4 Å². The van der Waals surface area contributed by atoms with E-state index in [-0.39, 0.29) is 31.5 Å². The minimum atomic E-state index is -0.115. The lowest BCUT2D eigenvalue weighted by molar-refractivity contribution is 0.0987. The van der Waals surface area contributed by atoms with Gasteiger partial charge in [-0.2, -0.15) is 0 Å². The number of carbonyl (C=O) groups excluding carboxylic acids is 1. The fourth-order valence-corrected chi connectivity index (χ4v) is 7.32. The smallest absolute Gasteiger partial charge is 0.237 e. The van der Waals surface area contributed by atoms with Crippen LogP contribution in [0.2, 0.25) is 10.0 Å². The Labute approximate surface area is 285 Å². The summed E-state index contributed by atoms with van der Waals surface area (Å²) < 4.78 is 5.63. The summed E-state index contributed by atoms with van der Waals surface area (Å²) in [6.07, 6.45) is 4.63. The van der Waals surface area contributed by atoms with Crippen molar-refractivity contribution >= 4 is 29.0 Å². The van der Waals surface area contributed by atoms with E-state index >= 15 is 0 Å². The molecule has 0 aliphatic carbocycles. The summed E-state index contributed by atoms with van der Waals surface area (Å²) in [6, 6.07) is 13.3. The van der Waals surface area contributed by atoms with Crippen LogP contribution in [0.15, 0.2) is 48.7 Å². The number of aryl methyl sites for hydroxylation is 1. The maximum absolute atomic E-state index is 13.6. The Kier molecular flexibility index (Phi) is 10.5. The van der Waals surface area contributed by atoms with Gasteiger partial charge < -0.3 is 14.9 Å². The van der Waals surface area contributed by atoms with Gasteiger partial charge in [-0.1, -0.05) is 59.6 Å². The minimum Gasteiger partial charge on any atom is -0.480 e. The molecular weight excluding hydrogens is 637 g/mol. The van der Waals surface area contributed by atoms with Crippen LogP contribution in [0.1, 0.15) is 51.4 Å². The largest absolute Gasteiger partial charge is 0.480 e. The van der Waals surface area contributed by atoms with E-state index in [1.165, 1.54) is 5.56 Å². The molecule has 2 aromatic heterocycles. The molecule has 1 unspecified atom stereocenters. The van der Waals surface area contributed by atoms with Crippen molar-refractivity contribution < 1.29 is 19.7 Å². The van der Waals surface area contributed by atoms with Gasteiger partial charge in [-0.25, -0.2) is 9.97 Å². The molecule has 4 heterocycles. The molecule has 11 heteroatoms. The molecule has 246 valence electrons. The maximum atomic E-state index is 13.6.